The molecule has 0 saturated carbocycles. The van der Waals surface area contributed by atoms with E-state index in [9.17, 15) is 4.79 Å². The normalized spacial score (nSPS) is 19.0. The molecule has 0 aliphatic carbocycles. The van der Waals surface area contributed by atoms with E-state index >= 15 is 0 Å². The molecular formula is C21H42N2O. The highest BCUT2D eigenvalue weighted by molar-refractivity contribution is 5.76. The van der Waals surface area contributed by atoms with Crippen molar-refractivity contribution in [3.8, 4) is 0 Å². The summed E-state index contributed by atoms with van der Waals surface area (Å²) in [5, 5.41) is 0. The zero-order valence-electron chi connectivity index (χ0n) is 16.7. The van der Waals surface area contributed by atoms with Crippen LogP contribution in [0.4, 0.5) is 0 Å². The van der Waals surface area contributed by atoms with Gasteiger partial charge in [0.15, 0.2) is 0 Å². The third-order valence-corrected chi connectivity index (χ3v) is 5.52. The molecule has 0 aromatic rings. The second-order valence-electron chi connectivity index (χ2n) is 7.60. The van der Waals surface area contributed by atoms with Gasteiger partial charge in [0.25, 0.3) is 0 Å². The van der Waals surface area contributed by atoms with Gasteiger partial charge in [-0.3, -0.25) is 9.69 Å². The number of nitrogens with zero attached hydrogens (tertiary/aromatic N) is 2. The van der Waals surface area contributed by atoms with Gasteiger partial charge in [0.1, 0.15) is 0 Å². The second-order valence-corrected chi connectivity index (χ2v) is 7.60. The van der Waals surface area contributed by atoms with Gasteiger partial charge in [-0.2, -0.15) is 0 Å². The molecule has 1 aliphatic rings. The van der Waals surface area contributed by atoms with Crippen LogP contribution >= 0.6 is 0 Å². The van der Waals surface area contributed by atoms with Crippen molar-refractivity contribution in [2.75, 3.05) is 26.2 Å². The van der Waals surface area contributed by atoms with Crippen LogP contribution in [0.3, 0.4) is 0 Å². The van der Waals surface area contributed by atoms with Crippen LogP contribution in [0.15, 0.2) is 0 Å². The van der Waals surface area contributed by atoms with Crippen molar-refractivity contribution in [3.63, 3.8) is 0 Å². The van der Waals surface area contributed by atoms with Crippen molar-refractivity contribution < 1.29 is 4.79 Å². The fourth-order valence-electron chi connectivity index (χ4n) is 3.79. The van der Waals surface area contributed by atoms with Crippen LogP contribution in [0.2, 0.25) is 0 Å². The molecule has 3 heteroatoms. The standard InChI is InChI=1S/C21H42N2O/c1-4-6-7-8-9-10-11-12-13-14-15-16-21(24)23-18-17-22(5-2)20(3)19-23/h20H,4-19H2,1-3H3. The van der Waals surface area contributed by atoms with Crippen LogP contribution in [0.5, 0.6) is 0 Å². The van der Waals surface area contributed by atoms with Crippen molar-refractivity contribution in [3.05, 3.63) is 0 Å². The molecule has 1 rings (SSSR count). The van der Waals surface area contributed by atoms with Crippen LogP contribution in [-0.2, 0) is 4.79 Å². The summed E-state index contributed by atoms with van der Waals surface area (Å²) in [4.78, 5) is 16.9. The average Bonchev–Trinajstić information content (AvgIpc) is 2.59. The van der Waals surface area contributed by atoms with E-state index in [4.69, 9.17) is 0 Å². The lowest BCUT2D eigenvalue weighted by molar-refractivity contribution is -0.134. The average molecular weight is 339 g/mol. The third-order valence-electron chi connectivity index (χ3n) is 5.52. The molecule has 0 aromatic heterocycles. The fourth-order valence-corrected chi connectivity index (χ4v) is 3.79. The van der Waals surface area contributed by atoms with Crippen LogP contribution in [0.25, 0.3) is 0 Å². The molecule has 1 heterocycles. The summed E-state index contributed by atoms with van der Waals surface area (Å²) in [6, 6.07) is 0.519. The number of unbranched alkanes of at least 4 members (excludes halogenated alkanes) is 10. The first kappa shape index (κ1) is 21.5. The maximum Gasteiger partial charge on any atom is 0.222 e. The third kappa shape index (κ3) is 9.05. The number of carbonyl (C=O) groups is 1. The Hall–Kier alpha value is -0.570. The Bertz CT molecular complexity index is 319. The van der Waals surface area contributed by atoms with Gasteiger partial charge in [-0.1, -0.05) is 78.1 Å². The molecular weight excluding hydrogens is 296 g/mol. The predicted molar refractivity (Wildman–Crippen MR) is 104 cm³/mol. The maximum atomic E-state index is 12.3. The van der Waals surface area contributed by atoms with Gasteiger partial charge in [0.05, 0.1) is 0 Å². The van der Waals surface area contributed by atoms with Gasteiger partial charge in [0, 0.05) is 32.1 Å². The van der Waals surface area contributed by atoms with Crippen LogP contribution < -0.4 is 0 Å². The van der Waals surface area contributed by atoms with Crippen molar-refractivity contribution >= 4 is 5.91 Å². The summed E-state index contributed by atoms with van der Waals surface area (Å²) in [5.41, 5.74) is 0. The molecule has 1 fully saturated rings. The topological polar surface area (TPSA) is 23.6 Å². The van der Waals surface area contributed by atoms with Gasteiger partial charge in [-0.25, -0.2) is 0 Å². The molecule has 1 unspecified atom stereocenters. The van der Waals surface area contributed by atoms with E-state index in [0.717, 1.165) is 39.0 Å². The van der Waals surface area contributed by atoms with Crippen molar-refractivity contribution in [2.24, 2.45) is 0 Å². The summed E-state index contributed by atoms with van der Waals surface area (Å²) < 4.78 is 0. The Labute approximate surface area is 151 Å². The molecule has 3 nitrogen and oxygen atoms in total. The van der Waals surface area contributed by atoms with E-state index < -0.39 is 0 Å². The van der Waals surface area contributed by atoms with Crippen LogP contribution in [0.1, 0.15) is 97.8 Å². The molecule has 1 amide bonds. The smallest absolute Gasteiger partial charge is 0.222 e. The van der Waals surface area contributed by atoms with E-state index in [1.54, 1.807) is 0 Å². The number of hydrogen-bond acceptors (Lipinski definition) is 2. The van der Waals surface area contributed by atoms with Crippen molar-refractivity contribution in [2.45, 2.75) is 104 Å². The van der Waals surface area contributed by atoms with Crippen molar-refractivity contribution in [1.29, 1.82) is 0 Å². The molecule has 24 heavy (non-hydrogen) atoms. The fraction of sp³-hybridized carbons (Fsp3) is 0.952. The lowest BCUT2D eigenvalue weighted by Gasteiger charge is -2.39. The van der Waals surface area contributed by atoms with Gasteiger partial charge in [-0.05, 0) is 19.9 Å². The first-order chi connectivity index (χ1) is 11.7. The first-order valence-electron chi connectivity index (χ1n) is 10.7. The molecule has 1 aliphatic heterocycles. The molecule has 0 N–H and O–H groups in total. The zero-order chi connectivity index (χ0) is 17.6. The number of piperazine rings is 1. The lowest BCUT2D eigenvalue weighted by Crippen LogP contribution is -2.53. The minimum absolute atomic E-state index is 0.383. The molecule has 142 valence electrons. The highest BCUT2D eigenvalue weighted by Crippen LogP contribution is 2.14. The van der Waals surface area contributed by atoms with Crippen LogP contribution in [0, 0.1) is 0 Å². The molecule has 0 bridgehead atoms. The van der Waals surface area contributed by atoms with Gasteiger partial charge in [-0.15, -0.1) is 0 Å². The predicted octanol–water partition coefficient (Wildman–Crippen LogP) is 5.24. The Morgan fingerprint density at radius 1 is 0.833 bits per heavy atom. The summed E-state index contributed by atoms with van der Waals surface area (Å²) in [7, 11) is 0. The summed E-state index contributed by atoms with van der Waals surface area (Å²) in [6.45, 7) is 10.7. The van der Waals surface area contributed by atoms with Gasteiger partial charge in [0.2, 0.25) is 5.91 Å². The highest BCUT2D eigenvalue weighted by atomic mass is 16.2. The van der Waals surface area contributed by atoms with Gasteiger partial charge < -0.3 is 4.90 Å². The minimum Gasteiger partial charge on any atom is -0.340 e. The number of carbonyl (C=O) groups excluding carboxylic acids is 1. The second kappa shape index (κ2) is 13.7. The molecule has 1 atom stereocenters. The van der Waals surface area contributed by atoms with E-state index in [1.165, 1.54) is 64.2 Å². The van der Waals surface area contributed by atoms with E-state index in [1.807, 2.05) is 0 Å². The zero-order valence-corrected chi connectivity index (χ0v) is 16.7. The Morgan fingerprint density at radius 3 is 1.88 bits per heavy atom. The minimum atomic E-state index is 0.383. The number of rotatable bonds is 13. The van der Waals surface area contributed by atoms with Crippen molar-refractivity contribution in [1.82, 2.24) is 9.80 Å². The number of amides is 1. The quantitative estimate of drug-likeness (QED) is 0.429. The summed E-state index contributed by atoms with van der Waals surface area (Å²) >= 11 is 0. The monoisotopic (exact) mass is 338 g/mol. The first-order valence-corrected chi connectivity index (χ1v) is 10.7. The summed E-state index contributed by atoms with van der Waals surface area (Å²) in [5.74, 6) is 0.383. The Balaban J connectivity index is 1.93. The molecule has 0 aromatic carbocycles. The number of hydrogen-bond donors (Lipinski definition) is 0. The molecule has 0 spiro atoms. The SMILES string of the molecule is CCCCCCCCCCCCCC(=O)N1CCN(CC)C(C)C1. The van der Waals surface area contributed by atoms with E-state index in [-0.39, 0.29) is 0 Å². The molecule has 1 saturated heterocycles. The Kier molecular flexibility index (Phi) is 12.2. The van der Waals surface area contributed by atoms with E-state index in [0.29, 0.717) is 11.9 Å². The lowest BCUT2D eigenvalue weighted by atomic mass is 10.0. The maximum absolute atomic E-state index is 12.3. The largest absolute Gasteiger partial charge is 0.340 e. The molecule has 0 radical (unpaired) electrons. The van der Waals surface area contributed by atoms with E-state index in [2.05, 4.69) is 30.6 Å². The highest BCUT2D eigenvalue weighted by Gasteiger charge is 2.24. The van der Waals surface area contributed by atoms with Gasteiger partial charge >= 0.3 is 0 Å². The Morgan fingerprint density at radius 2 is 1.38 bits per heavy atom. The summed E-state index contributed by atoms with van der Waals surface area (Å²) in [6.07, 6.45) is 15.5. The van der Waals surface area contributed by atoms with Crippen LogP contribution in [-0.4, -0.2) is 47.9 Å². The number of likely N-dealkylation sites (N-methyl/N-ethyl adjacent to an activating group) is 1.